The lowest BCUT2D eigenvalue weighted by Crippen LogP contribution is -2.23. The molecule has 1 aliphatic rings. The first-order chi connectivity index (χ1) is 7.78. The van der Waals surface area contributed by atoms with Crippen molar-refractivity contribution in [2.45, 2.75) is 26.2 Å². The van der Waals surface area contributed by atoms with Gasteiger partial charge < -0.3 is 10.6 Å². The van der Waals surface area contributed by atoms with Gasteiger partial charge in [-0.25, -0.2) is 0 Å². The topological polar surface area (TPSA) is 29.3 Å². The molecular weight excluding hydrogens is 196 g/mol. The zero-order chi connectivity index (χ0) is 11.4. The molecule has 16 heavy (non-hydrogen) atoms. The van der Waals surface area contributed by atoms with Gasteiger partial charge in [-0.1, -0.05) is 25.5 Å². The summed E-state index contributed by atoms with van der Waals surface area (Å²) in [5.41, 5.74) is 7.93. The number of hydrogen-bond donors (Lipinski definition) is 1. The SMILES string of the molecule is CCC1CCN(CCc2ccc(N)cc2)C1. The van der Waals surface area contributed by atoms with Gasteiger partial charge in [-0.3, -0.25) is 0 Å². The first kappa shape index (κ1) is 11.5. The molecule has 1 heterocycles. The molecule has 1 saturated heterocycles. The number of nitrogens with two attached hydrogens (primary N) is 1. The molecule has 2 heteroatoms. The second kappa shape index (κ2) is 5.35. The first-order valence-corrected chi connectivity index (χ1v) is 6.34. The van der Waals surface area contributed by atoms with Crippen LogP contribution in [0.1, 0.15) is 25.3 Å². The monoisotopic (exact) mass is 218 g/mol. The number of likely N-dealkylation sites (tertiary alicyclic amines) is 1. The molecule has 0 radical (unpaired) electrons. The van der Waals surface area contributed by atoms with Gasteiger partial charge in [-0.2, -0.15) is 0 Å². The molecule has 2 N–H and O–H groups in total. The summed E-state index contributed by atoms with van der Waals surface area (Å²) in [6.45, 7) is 6.08. The van der Waals surface area contributed by atoms with Crippen molar-refractivity contribution in [3.63, 3.8) is 0 Å². The Morgan fingerprint density at radius 2 is 2.06 bits per heavy atom. The Balaban J connectivity index is 1.77. The average molecular weight is 218 g/mol. The number of hydrogen-bond acceptors (Lipinski definition) is 2. The maximum absolute atomic E-state index is 5.67. The summed E-state index contributed by atoms with van der Waals surface area (Å²) < 4.78 is 0. The molecule has 0 aromatic heterocycles. The molecule has 0 spiro atoms. The molecule has 1 aliphatic heterocycles. The summed E-state index contributed by atoms with van der Waals surface area (Å²) in [6, 6.07) is 8.27. The summed E-state index contributed by atoms with van der Waals surface area (Å²) in [4.78, 5) is 2.59. The van der Waals surface area contributed by atoms with Crippen LogP contribution in [0.3, 0.4) is 0 Å². The molecule has 0 saturated carbocycles. The zero-order valence-corrected chi connectivity index (χ0v) is 10.2. The minimum absolute atomic E-state index is 0.857. The summed E-state index contributed by atoms with van der Waals surface area (Å²) in [7, 11) is 0. The third kappa shape index (κ3) is 2.99. The van der Waals surface area contributed by atoms with E-state index in [9.17, 15) is 0 Å². The van der Waals surface area contributed by atoms with Gasteiger partial charge in [-0.05, 0) is 43.0 Å². The number of nitrogens with zero attached hydrogens (tertiary/aromatic N) is 1. The van der Waals surface area contributed by atoms with Crippen molar-refractivity contribution in [1.29, 1.82) is 0 Å². The van der Waals surface area contributed by atoms with E-state index in [1.165, 1.54) is 38.0 Å². The van der Waals surface area contributed by atoms with Gasteiger partial charge in [0.05, 0.1) is 0 Å². The van der Waals surface area contributed by atoms with E-state index < -0.39 is 0 Å². The largest absolute Gasteiger partial charge is 0.399 e. The number of anilines is 1. The minimum atomic E-state index is 0.857. The van der Waals surface area contributed by atoms with Gasteiger partial charge in [0.25, 0.3) is 0 Å². The fraction of sp³-hybridized carbons (Fsp3) is 0.571. The van der Waals surface area contributed by atoms with Crippen LogP contribution in [0.4, 0.5) is 5.69 Å². The second-order valence-electron chi connectivity index (χ2n) is 4.86. The Hall–Kier alpha value is -1.02. The highest BCUT2D eigenvalue weighted by Crippen LogP contribution is 2.19. The maximum Gasteiger partial charge on any atom is 0.0314 e. The Morgan fingerprint density at radius 1 is 1.31 bits per heavy atom. The van der Waals surface area contributed by atoms with Crippen molar-refractivity contribution in [2.24, 2.45) is 5.92 Å². The highest BCUT2D eigenvalue weighted by atomic mass is 15.1. The maximum atomic E-state index is 5.67. The molecule has 2 rings (SSSR count). The highest BCUT2D eigenvalue weighted by molar-refractivity contribution is 5.39. The molecule has 2 nitrogen and oxygen atoms in total. The van der Waals surface area contributed by atoms with Crippen molar-refractivity contribution in [3.8, 4) is 0 Å². The van der Waals surface area contributed by atoms with E-state index in [1.807, 2.05) is 12.1 Å². The predicted molar refractivity (Wildman–Crippen MR) is 69.4 cm³/mol. The minimum Gasteiger partial charge on any atom is -0.399 e. The van der Waals surface area contributed by atoms with Crippen LogP contribution in [-0.4, -0.2) is 24.5 Å². The van der Waals surface area contributed by atoms with E-state index in [1.54, 1.807) is 0 Å². The van der Waals surface area contributed by atoms with Crippen LogP contribution in [-0.2, 0) is 6.42 Å². The zero-order valence-electron chi connectivity index (χ0n) is 10.2. The normalized spacial score (nSPS) is 21.4. The molecule has 0 aliphatic carbocycles. The molecule has 1 fully saturated rings. The fourth-order valence-corrected chi connectivity index (χ4v) is 2.42. The van der Waals surface area contributed by atoms with E-state index in [0.29, 0.717) is 0 Å². The van der Waals surface area contributed by atoms with E-state index in [-0.39, 0.29) is 0 Å². The van der Waals surface area contributed by atoms with Gasteiger partial charge in [0.2, 0.25) is 0 Å². The van der Waals surface area contributed by atoms with Crippen LogP contribution >= 0.6 is 0 Å². The van der Waals surface area contributed by atoms with Crippen molar-refractivity contribution in [1.82, 2.24) is 4.90 Å². The molecular formula is C14H22N2. The second-order valence-corrected chi connectivity index (χ2v) is 4.86. The third-order valence-corrected chi connectivity index (χ3v) is 3.64. The standard InChI is InChI=1S/C14H22N2/c1-2-12-7-9-16(11-12)10-8-13-3-5-14(15)6-4-13/h3-6,12H,2,7-11,15H2,1H3. The lowest BCUT2D eigenvalue weighted by Gasteiger charge is -2.15. The summed E-state index contributed by atoms with van der Waals surface area (Å²) in [5.74, 6) is 0.936. The molecule has 1 aromatic carbocycles. The molecule has 0 amide bonds. The van der Waals surface area contributed by atoms with Gasteiger partial charge in [0.1, 0.15) is 0 Å². The Kier molecular flexibility index (Phi) is 3.83. The Morgan fingerprint density at radius 3 is 2.69 bits per heavy atom. The van der Waals surface area contributed by atoms with Gasteiger partial charge in [0.15, 0.2) is 0 Å². The van der Waals surface area contributed by atoms with Crippen LogP contribution in [0, 0.1) is 5.92 Å². The van der Waals surface area contributed by atoms with Crippen LogP contribution in [0.5, 0.6) is 0 Å². The first-order valence-electron chi connectivity index (χ1n) is 6.34. The van der Waals surface area contributed by atoms with Crippen molar-refractivity contribution in [2.75, 3.05) is 25.4 Å². The van der Waals surface area contributed by atoms with Crippen LogP contribution in [0.15, 0.2) is 24.3 Å². The Labute approximate surface area is 98.4 Å². The number of benzene rings is 1. The van der Waals surface area contributed by atoms with Crippen LogP contribution in [0.25, 0.3) is 0 Å². The van der Waals surface area contributed by atoms with Crippen LogP contribution < -0.4 is 5.73 Å². The van der Waals surface area contributed by atoms with E-state index >= 15 is 0 Å². The molecule has 88 valence electrons. The highest BCUT2D eigenvalue weighted by Gasteiger charge is 2.19. The van der Waals surface area contributed by atoms with Crippen molar-refractivity contribution >= 4 is 5.69 Å². The molecule has 1 unspecified atom stereocenters. The summed E-state index contributed by atoms with van der Waals surface area (Å²) >= 11 is 0. The van der Waals surface area contributed by atoms with Crippen molar-refractivity contribution in [3.05, 3.63) is 29.8 Å². The van der Waals surface area contributed by atoms with E-state index in [0.717, 1.165) is 18.0 Å². The third-order valence-electron chi connectivity index (χ3n) is 3.64. The molecule has 1 aromatic rings. The van der Waals surface area contributed by atoms with Gasteiger partial charge in [0, 0.05) is 18.8 Å². The van der Waals surface area contributed by atoms with E-state index in [4.69, 9.17) is 5.73 Å². The quantitative estimate of drug-likeness (QED) is 0.787. The molecule has 1 atom stereocenters. The summed E-state index contributed by atoms with van der Waals surface area (Å²) in [6.07, 6.45) is 3.87. The number of nitrogen functional groups attached to an aromatic ring is 1. The Bertz CT molecular complexity index is 318. The molecule has 0 bridgehead atoms. The van der Waals surface area contributed by atoms with Gasteiger partial charge in [-0.15, -0.1) is 0 Å². The smallest absolute Gasteiger partial charge is 0.0314 e. The van der Waals surface area contributed by atoms with Crippen molar-refractivity contribution < 1.29 is 0 Å². The lowest BCUT2D eigenvalue weighted by atomic mass is 10.1. The van der Waals surface area contributed by atoms with Gasteiger partial charge >= 0.3 is 0 Å². The summed E-state index contributed by atoms with van der Waals surface area (Å²) in [5, 5.41) is 0. The lowest BCUT2D eigenvalue weighted by molar-refractivity contribution is 0.327. The number of rotatable bonds is 4. The van der Waals surface area contributed by atoms with Crippen LogP contribution in [0.2, 0.25) is 0 Å². The fourth-order valence-electron chi connectivity index (χ4n) is 2.42. The predicted octanol–water partition coefficient (Wildman–Crippen LogP) is 2.54. The average Bonchev–Trinajstić information content (AvgIpc) is 2.76. The van der Waals surface area contributed by atoms with E-state index in [2.05, 4.69) is 24.0 Å².